The summed E-state index contributed by atoms with van der Waals surface area (Å²) >= 11 is 0. The molecule has 3 rings (SSSR count). The van der Waals surface area contributed by atoms with Gasteiger partial charge in [-0.15, -0.1) is 0 Å². The number of benzene rings is 1. The highest BCUT2D eigenvalue weighted by Crippen LogP contribution is 2.31. The lowest BCUT2D eigenvalue weighted by Gasteiger charge is -2.10. The van der Waals surface area contributed by atoms with Gasteiger partial charge in [-0.2, -0.15) is 0 Å². The van der Waals surface area contributed by atoms with Gasteiger partial charge in [0.05, 0.1) is 17.9 Å². The van der Waals surface area contributed by atoms with Crippen molar-refractivity contribution in [2.24, 2.45) is 0 Å². The number of aromatic nitrogens is 1. The summed E-state index contributed by atoms with van der Waals surface area (Å²) in [7, 11) is 0. The number of H-pyrrole nitrogens is 1. The second-order valence-electron chi connectivity index (χ2n) is 6.60. The molecule has 2 aromatic heterocycles. The molecule has 1 aromatic carbocycles. The van der Waals surface area contributed by atoms with Crippen LogP contribution in [-0.4, -0.2) is 16.1 Å². The fourth-order valence-corrected chi connectivity index (χ4v) is 2.96. The molecule has 6 nitrogen and oxygen atoms in total. The maximum atomic E-state index is 13.4. The van der Waals surface area contributed by atoms with Gasteiger partial charge in [0.25, 0.3) is 0 Å². The quantitative estimate of drug-likeness (QED) is 0.243. The smallest absolute Gasteiger partial charge is 0.310 e. The van der Waals surface area contributed by atoms with Crippen LogP contribution >= 0.6 is 0 Å². The first-order valence-corrected chi connectivity index (χ1v) is 9.18. The molecule has 0 unspecified atom stereocenters. The van der Waals surface area contributed by atoms with Crippen LogP contribution in [0.3, 0.4) is 0 Å². The van der Waals surface area contributed by atoms with Crippen LogP contribution in [0.4, 0.5) is 4.39 Å². The molecule has 0 atom stereocenters. The van der Waals surface area contributed by atoms with Crippen molar-refractivity contribution in [3.05, 3.63) is 96.5 Å². The summed E-state index contributed by atoms with van der Waals surface area (Å²) in [6, 6.07) is 11.3. The maximum Gasteiger partial charge on any atom is 0.310 e. The summed E-state index contributed by atoms with van der Waals surface area (Å²) in [6.07, 6.45) is 3.59. The van der Waals surface area contributed by atoms with Crippen LogP contribution in [0.1, 0.15) is 34.6 Å². The van der Waals surface area contributed by atoms with Gasteiger partial charge in [-0.1, -0.05) is 37.4 Å². The predicted octanol–water partition coefficient (Wildman–Crippen LogP) is 4.88. The van der Waals surface area contributed by atoms with E-state index in [1.807, 2.05) is 19.1 Å². The highest BCUT2D eigenvalue weighted by Gasteiger charge is 2.15. The first-order chi connectivity index (χ1) is 14.4. The zero-order valence-corrected chi connectivity index (χ0v) is 16.5. The Morgan fingerprint density at radius 2 is 2.00 bits per heavy atom. The summed E-state index contributed by atoms with van der Waals surface area (Å²) < 4.78 is 18.8. The molecule has 2 heterocycles. The second-order valence-corrected chi connectivity index (χ2v) is 6.60. The van der Waals surface area contributed by atoms with E-state index in [1.54, 1.807) is 24.3 Å². The Bertz CT molecular complexity index is 1110. The maximum absolute atomic E-state index is 13.4. The van der Waals surface area contributed by atoms with Gasteiger partial charge in [-0.3, -0.25) is 10.0 Å². The van der Waals surface area contributed by atoms with Crippen molar-refractivity contribution in [2.75, 3.05) is 0 Å². The van der Waals surface area contributed by atoms with E-state index < -0.39 is 5.91 Å². The van der Waals surface area contributed by atoms with Crippen LogP contribution in [0, 0.1) is 5.82 Å². The fraction of sp³-hybridized carbons (Fsp3) is 0.0870. The van der Waals surface area contributed by atoms with Gasteiger partial charge >= 0.3 is 5.91 Å². The van der Waals surface area contributed by atoms with E-state index in [-0.39, 0.29) is 18.1 Å². The molecule has 0 aliphatic carbocycles. The number of hydrogen-bond acceptors (Lipinski definition) is 4. The third-order valence-electron chi connectivity index (χ3n) is 4.53. The number of halogens is 1. The number of carbonyl (C=O) groups excluding carboxylic acids is 1. The van der Waals surface area contributed by atoms with E-state index in [1.165, 1.54) is 23.7 Å². The Morgan fingerprint density at radius 1 is 1.27 bits per heavy atom. The molecule has 3 aromatic rings. The second kappa shape index (κ2) is 9.11. The minimum absolute atomic E-state index is 0.000685. The molecule has 0 saturated carbocycles. The Morgan fingerprint density at radius 3 is 2.67 bits per heavy atom. The molecule has 0 fully saturated rings. The number of nitrogens with one attached hydrogen (secondary N) is 3. The molecular formula is C23H22FN3O3. The highest BCUT2D eigenvalue weighted by molar-refractivity contribution is 5.90. The van der Waals surface area contributed by atoms with Crippen LogP contribution in [0.2, 0.25) is 0 Å². The van der Waals surface area contributed by atoms with E-state index in [0.717, 1.165) is 28.1 Å². The monoisotopic (exact) mass is 407 g/mol. The van der Waals surface area contributed by atoms with Crippen molar-refractivity contribution < 1.29 is 18.8 Å². The molecule has 0 aliphatic rings. The highest BCUT2D eigenvalue weighted by atomic mass is 19.1. The minimum atomic E-state index is -0.725. The predicted molar refractivity (Wildman–Crippen MR) is 114 cm³/mol. The van der Waals surface area contributed by atoms with E-state index in [4.69, 9.17) is 9.62 Å². The number of furan rings is 1. The normalized spacial score (nSPS) is 11.2. The topological polar surface area (TPSA) is 90.3 Å². The van der Waals surface area contributed by atoms with Gasteiger partial charge in [0.2, 0.25) is 0 Å². The molecule has 0 spiro atoms. The summed E-state index contributed by atoms with van der Waals surface area (Å²) in [5.41, 5.74) is 6.42. The average Bonchev–Trinajstić information content (AvgIpc) is 3.40. The number of rotatable bonds is 8. The lowest BCUT2D eigenvalue weighted by atomic mass is 10.0. The zero-order chi connectivity index (χ0) is 21.7. The fourth-order valence-electron chi connectivity index (χ4n) is 2.96. The van der Waals surface area contributed by atoms with Crippen molar-refractivity contribution in [3.8, 4) is 11.1 Å². The summed E-state index contributed by atoms with van der Waals surface area (Å²) in [5, 5.41) is 11.8. The molecule has 4 N–H and O–H groups in total. The molecular weight excluding hydrogens is 385 g/mol. The summed E-state index contributed by atoms with van der Waals surface area (Å²) in [4.78, 5) is 14.7. The largest absolute Gasteiger partial charge is 0.454 e. The Kier molecular flexibility index (Phi) is 6.34. The average molecular weight is 407 g/mol. The number of allylic oxidation sites excluding steroid dienone is 3. The molecule has 0 bridgehead atoms. The van der Waals surface area contributed by atoms with Crippen molar-refractivity contribution in [1.29, 1.82) is 0 Å². The van der Waals surface area contributed by atoms with E-state index >= 15 is 0 Å². The van der Waals surface area contributed by atoms with Crippen LogP contribution in [0.5, 0.6) is 0 Å². The van der Waals surface area contributed by atoms with Gasteiger partial charge in [0.15, 0.2) is 5.76 Å². The molecule has 30 heavy (non-hydrogen) atoms. The van der Waals surface area contributed by atoms with E-state index in [9.17, 15) is 9.18 Å². The van der Waals surface area contributed by atoms with E-state index in [2.05, 4.69) is 23.5 Å². The molecule has 0 radical (unpaired) electrons. The Hall–Kier alpha value is -3.84. The van der Waals surface area contributed by atoms with Crippen molar-refractivity contribution >= 4 is 17.2 Å². The van der Waals surface area contributed by atoms with Crippen LogP contribution in [0.15, 0.2) is 72.2 Å². The van der Waals surface area contributed by atoms with E-state index in [0.29, 0.717) is 11.5 Å². The summed E-state index contributed by atoms with van der Waals surface area (Å²) in [6.45, 7) is 10.1. The Balaban J connectivity index is 1.87. The van der Waals surface area contributed by atoms with Crippen LogP contribution < -0.4 is 10.8 Å². The van der Waals surface area contributed by atoms with Crippen LogP contribution in [-0.2, 0) is 6.54 Å². The molecule has 7 heteroatoms. The van der Waals surface area contributed by atoms with Gasteiger partial charge in [-0.25, -0.2) is 9.87 Å². The van der Waals surface area contributed by atoms with Gasteiger partial charge in [-0.05, 0) is 48.4 Å². The number of hydroxylamine groups is 1. The molecule has 1 amide bonds. The third kappa shape index (κ3) is 4.59. The van der Waals surface area contributed by atoms with Crippen molar-refractivity contribution in [1.82, 2.24) is 15.8 Å². The number of hydrogen-bond donors (Lipinski definition) is 4. The number of aromatic amines is 1. The van der Waals surface area contributed by atoms with Crippen LogP contribution in [0.25, 0.3) is 22.4 Å². The zero-order valence-electron chi connectivity index (χ0n) is 16.5. The number of carbonyl (C=O) groups is 1. The first kappa shape index (κ1) is 20.9. The summed E-state index contributed by atoms with van der Waals surface area (Å²) in [5.74, 6) is -0.541. The molecule has 154 valence electrons. The lowest BCUT2D eigenvalue weighted by Crippen LogP contribution is -2.17. The van der Waals surface area contributed by atoms with Gasteiger partial charge in [0, 0.05) is 11.3 Å². The van der Waals surface area contributed by atoms with Crippen molar-refractivity contribution in [3.63, 3.8) is 0 Å². The first-order valence-electron chi connectivity index (χ1n) is 9.18. The van der Waals surface area contributed by atoms with Gasteiger partial charge < -0.3 is 14.7 Å². The van der Waals surface area contributed by atoms with Crippen molar-refractivity contribution in [2.45, 2.75) is 13.5 Å². The minimum Gasteiger partial charge on any atom is -0.454 e. The van der Waals surface area contributed by atoms with Gasteiger partial charge in [0.1, 0.15) is 11.6 Å². The standard InChI is InChI=1S/C23H22FN3O3/c1-4-5-14(2)20-12-19(16-6-8-17(24)9-7-16)22(26-20)15(3)25-13-18-10-11-21(30-18)23(28)27-29/h4-12,25-26,29H,1,3,13H2,2H3,(H,27,28)/b14-5+. The molecule has 0 aliphatic heterocycles. The SMILES string of the molecule is C=C/C=C(\C)c1cc(-c2ccc(F)cc2)c(C(=C)NCc2ccc(C(=O)NO)o2)[nH]1. The molecule has 0 saturated heterocycles. The Labute approximate surface area is 173 Å². The lowest BCUT2D eigenvalue weighted by molar-refractivity contribution is 0.0674. The third-order valence-corrected chi connectivity index (χ3v) is 4.53. The number of amides is 1.